The lowest BCUT2D eigenvalue weighted by molar-refractivity contribution is -0.131. The van der Waals surface area contributed by atoms with Gasteiger partial charge in [0.05, 0.1) is 21.2 Å². The van der Waals surface area contributed by atoms with Gasteiger partial charge in [0.1, 0.15) is 5.82 Å². The predicted molar refractivity (Wildman–Crippen MR) is 136 cm³/mol. The number of hydrogen-bond donors (Lipinski definition) is 0. The Kier molecular flexibility index (Phi) is 6.99. The molecule has 0 aliphatic carbocycles. The minimum Gasteiger partial charge on any atom is -0.342 e. The third-order valence-electron chi connectivity index (χ3n) is 5.61. The van der Waals surface area contributed by atoms with Crippen LogP contribution in [-0.2, 0) is 10.5 Å². The first kappa shape index (κ1) is 22.4. The van der Waals surface area contributed by atoms with Gasteiger partial charge >= 0.3 is 0 Å². The summed E-state index contributed by atoms with van der Waals surface area (Å²) in [5.74, 6) is 1.69. The van der Waals surface area contributed by atoms with Gasteiger partial charge in [-0.2, -0.15) is 0 Å². The Labute approximate surface area is 205 Å². The van der Waals surface area contributed by atoms with Gasteiger partial charge in [-0.3, -0.25) is 9.36 Å². The summed E-state index contributed by atoms with van der Waals surface area (Å²) in [5.41, 5.74) is 2.03. The standard InChI is InChI=1S/C24H25N5OS3/c1-17(22(30)28-14-8-3-9-15-28)32-23-27-26-21(29(23)18-10-4-2-5-11-18)16-31-24-25-19-12-6-7-13-20(19)33-24/h2,4-7,10-13,17H,3,8-9,14-16H2,1H3. The maximum atomic E-state index is 13.0. The van der Waals surface area contributed by atoms with E-state index in [9.17, 15) is 4.79 Å². The van der Waals surface area contributed by atoms with Crippen molar-refractivity contribution < 1.29 is 4.79 Å². The maximum Gasteiger partial charge on any atom is 0.235 e. The molecule has 3 heterocycles. The molecule has 0 N–H and O–H groups in total. The quantitative estimate of drug-likeness (QED) is 0.308. The summed E-state index contributed by atoms with van der Waals surface area (Å²) < 4.78 is 4.28. The molecule has 0 bridgehead atoms. The van der Waals surface area contributed by atoms with Gasteiger partial charge in [0.25, 0.3) is 0 Å². The number of nitrogens with zero attached hydrogens (tertiary/aromatic N) is 5. The smallest absolute Gasteiger partial charge is 0.235 e. The van der Waals surface area contributed by atoms with Gasteiger partial charge in [-0.05, 0) is 50.5 Å². The molecule has 4 aromatic rings. The third kappa shape index (κ3) is 5.10. The third-order valence-corrected chi connectivity index (χ3v) is 8.82. The molecule has 0 spiro atoms. The summed E-state index contributed by atoms with van der Waals surface area (Å²) in [7, 11) is 0. The van der Waals surface area contributed by atoms with Crippen LogP contribution in [0.5, 0.6) is 0 Å². The number of benzene rings is 2. The molecule has 1 aliphatic heterocycles. The topological polar surface area (TPSA) is 63.9 Å². The van der Waals surface area contributed by atoms with Crippen molar-refractivity contribution in [2.45, 2.75) is 46.7 Å². The van der Waals surface area contributed by atoms with Crippen LogP contribution in [0.1, 0.15) is 32.0 Å². The summed E-state index contributed by atoms with van der Waals surface area (Å²) in [6, 6.07) is 18.3. The highest BCUT2D eigenvalue weighted by Gasteiger charge is 2.26. The number of amides is 1. The van der Waals surface area contributed by atoms with Crippen LogP contribution in [0.3, 0.4) is 0 Å². The number of thiazole rings is 1. The molecule has 6 nitrogen and oxygen atoms in total. The Morgan fingerprint density at radius 1 is 1.03 bits per heavy atom. The lowest BCUT2D eigenvalue weighted by Crippen LogP contribution is -2.40. The minimum atomic E-state index is -0.209. The predicted octanol–water partition coefficient (Wildman–Crippen LogP) is 5.66. The molecule has 0 saturated carbocycles. The minimum absolute atomic E-state index is 0.188. The van der Waals surface area contributed by atoms with E-state index >= 15 is 0 Å². The van der Waals surface area contributed by atoms with Crippen molar-refractivity contribution in [1.82, 2.24) is 24.6 Å². The number of carbonyl (C=O) groups excluding carboxylic acids is 1. The number of rotatable bonds is 7. The molecular formula is C24H25N5OS3. The Bertz CT molecular complexity index is 1200. The SMILES string of the molecule is CC(Sc1nnc(CSc2nc3ccccc3s2)n1-c1ccccc1)C(=O)N1CCCCC1. The number of carbonyl (C=O) groups is 1. The summed E-state index contributed by atoms with van der Waals surface area (Å²) in [6.07, 6.45) is 3.40. The van der Waals surface area contributed by atoms with E-state index < -0.39 is 0 Å². The van der Waals surface area contributed by atoms with E-state index in [1.54, 1.807) is 23.1 Å². The monoisotopic (exact) mass is 495 g/mol. The highest BCUT2D eigenvalue weighted by molar-refractivity contribution is 8.00. The average Bonchev–Trinajstić information content (AvgIpc) is 3.46. The van der Waals surface area contributed by atoms with E-state index in [-0.39, 0.29) is 11.2 Å². The van der Waals surface area contributed by atoms with E-state index in [1.807, 2.05) is 48.2 Å². The van der Waals surface area contributed by atoms with Gasteiger partial charge in [-0.1, -0.05) is 53.9 Å². The zero-order chi connectivity index (χ0) is 22.6. The molecule has 2 aromatic carbocycles. The van der Waals surface area contributed by atoms with Gasteiger partial charge in [0, 0.05) is 18.8 Å². The van der Waals surface area contributed by atoms with Crippen molar-refractivity contribution in [3.63, 3.8) is 0 Å². The molecular weight excluding hydrogens is 470 g/mol. The Morgan fingerprint density at radius 3 is 2.58 bits per heavy atom. The Hall–Kier alpha value is -2.36. The molecule has 1 unspecified atom stereocenters. The van der Waals surface area contributed by atoms with Crippen LogP contribution in [0.4, 0.5) is 0 Å². The van der Waals surface area contributed by atoms with Gasteiger partial charge in [0.2, 0.25) is 5.91 Å². The van der Waals surface area contributed by atoms with E-state index in [1.165, 1.54) is 22.9 Å². The number of aromatic nitrogens is 4. The van der Waals surface area contributed by atoms with Crippen LogP contribution < -0.4 is 0 Å². The van der Waals surface area contributed by atoms with Gasteiger partial charge in [0.15, 0.2) is 9.50 Å². The van der Waals surface area contributed by atoms with Crippen LogP contribution >= 0.6 is 34.9 Å². The fourth-order valence-corrected chi connectivity index (χ4v) is 6.88. The zero-order valence-electron chi connectivity index (χ0n) is 18.4. The first-order valence-corrected chi connectivity index (χ1v) is 13.8. The van der Waals surface area contributed by atoms with Gasteiger partial charge in [-0.25, -0.2) is 4.98 Å². The highest BCUT2D eigenvalue weighted by Crippen LogP contribution is 2.33. The normalized spacial score (nSPS) is 15.1. The second-order valence-electron chi connectivity index (χ2n) is 7.95. The second kappa shape index (κ2) is 10.3. The largest absolute Gasteiger partial charge is 0.342 e. The molecule has 9 heteroatoms. The summed E-state index contributed by atoms with van der Waals surface area (Å²) >= 11 is 4.85. The van der Waals surface area contributed by atoms with Crippen molar-refractivity contribution in [2.75, 3.05) is 13.1 Å². The number of thioether (sulfide) groups is 2. The molecule has 170 valence electrons. The Morgan fingerprint density at radius 2 is 1.79 bits per heavy atom. The second-order valence-corrected chi connectivity index (χ2v) is 11.5. The van der Waals surface area contributed by atoms with Crippen molar-refractivity contribution in [3.8, 4) is 5.69 Å². The summed E-state index contributed by atoms with van der Waals surface area (Å²) in [6.45, 7) is 3.69. The molecule has 1 aliphatic rings. The van der Waals surface area contributed by atoms with E-state index in [4.69, 9.17) is 4.98 Å². The van der Waals surface area contributed by atoms with Crippen LogP contribution in [-0.4, -0.2) is 48.9 Å². The zero-order valence-corrected chi connectivity index (χ0v) is 20.8. The first-order chi connectivity index (χ1) is 16.2. The van der Waals surface area contributed by atoms with Crippen molar-refractivity contribution in [2.24, 2.45) is 0 Å². The molecule has 33 heavy (non-hydrogen) atoms. The van der Waals surface area contributed by atoms with Crippen molar-refractivity contribution in [3.05, 3.63) is 60.4 Å². The van der Waals surface area contributed by atoms with Crippen molar-refractivity contribution >= 4 is 51.0 Å². The van der Waals surface area contributed by atoms with Crippen LogP contribution in [0.2, 0.25) is 0 Å². The van der Waals surface area contributed by atoms with Gasteiger partial charge < -0.3 is 4.90 Å². The van der Waals surface area contributed by atoms with Crippen LogP contribution in [0.15, 0.2) is 64.1 Å². The van der Waals surface area contributed by atoms with Crippen LogP contribution in [0, 0.1) is 0 Å². The summed E-state index contributed by atoms with van der Waals surface area (Å²) in [4.78, 5) is 19.7. The van der Waals surface area contributed by atoms with E-state index in [0.29, 0.717) is 5.75 Å². The number of hydrogen-bond acceptors (Lipinski definition) is 7. The number of para-hydroxylation sites is 2. The highest BCUT2D eigenvalue weighted by atomic mass is 32.2. The number of piperidine rings is 1. The number of fused-ring (bicyclic) bond motifs is 1. The molecule has 1 fully saturated rings. The van der Waals surface area contributed by atoms with Crippen molar-refractivity contribution in [1.29, 1.82) is 0 Å². The molecule has 1 saturated heterocycles. The van der Waals surface area contributed by atoms with E-state index in [2.05, 4.69) is 33.0 Å². The molecule has 5 rings (SSSR count). The molecule has 1 atom stereocenters. The van der Waals surface area contributed by atoms with Gasteiger partial charge in [-0.15, -0.1) is 21.5 Å². The number of likely N-dealkylation sites (tertiary alicyclic amines) is 1. The fraction of sp³-hybridized carbons (Fsp3) is 0.333. The summed E-state index contributed by atoms with van der Waals surface area (Å²) in [5, 5.41) is 9.54. The first-order valence-electron chi connectivity index (χ1n) is 11.1. The lowest BCUT2D eigenvalue weighted by Gasteiger charge is -2.28. The lowest BCUT2D eigenvalue weighted by atomic mass is 10.1. The fourth-order valence-electron chi connectivity index (χ4n) is 3.93. The molecule has 2 aromatic heterocycles. The molecule has 0 radical (unpaired) electrons. The Balaban J connectivity index is 1.37. The average molecular weight is 496 g/mol. The molecule has 1 amide bonds. The van der Waals surface area contributed by atoms with Crippen LogP contribution in [0.25, 0.3) is 15.9 Å². The van der Waals surface area contributed by atoms with E-state index in [0.717, 1.165) is 52.5 Å². The maximum absolute atomic E-state index is 13.0.